The smallest absolute Gasteiger partial charge is 0.255 e. The largest absolute Gasteiger partial charge is 0.324 e. The zero-order valence-corrected chi connectivity index (χ0v) is 20.6. The van der Waals surface area contributed by atoms with Crippen LogP contribution in [0.15, 0.2) is 85.1 Å². The topological polar surface area (TPSA) is 70.2 Å². The van der Waals surface area contributed by atoms with E-state index >= 15 is 0 Å². The van der Waals surface area contributed by atoms with E-state index in [0.717, 1.165) is 41.2 Å². The second kappa shape index (κ2) is 11.1. The lowest BCUT2D eigenvalue weighted by Crippen LogP contribution is -2.21. The van der Waals surface area contributed by atoms with E-state index in [1.165, 1.54) is 31.5 Å². The molecular weight excluding hydrogens is 446 g/mol. The van der Waals surface area contributed by atoms with Crippen molar-refractivity contribution in [1.29, 1.82) is 0 Å². The Labute approximate surface area is 212 Å². The fourth-order valence-corrected chi connectivity index (χ4v) is 4.46. The molecule has 1 aromatic heterocycles. The van der Waals surface area contributed by atoms with Crippen LogP contribution in [-0.4, -0.2) is 40.4 Å². The summed E-state index contributed by atoms with van der Waals surface area (Å²) in [4.78, 5) is 24.5. The fourth-order valence-electron chi connectivity index (χ4n) is 4.46. The monoisotopic (exact) mass is 477 g/mol. The van der Waals surface area contributed by atoms with Crippen molar-refractivity contribution in [2.75, 3.05) is 30.3 Å². The van der Waals surface area contributed by atoms with Gasteiger partial charge in [0.15, 0.2) is 0 Å². The van der Waals surface area contributed by atoms with Gasteiger partial charge in [0.05, 0.1) is 5.69 Å². The Morgan fingerprint density at radius 2 is 1.72 bits per heavy atom. The molecular formula is C30H31N5O. The normalized spacial score (nSPS) is 13.5. The number of likely N-dealkylation sites (tertiary alicyclic amines) is 1. The Kier molecular flexibility index (Phi) is 7.33. The Bertz CT molecular complexity index is 1320. The van der Waals surface area contributed by atoms with Crippen LogP contribution in [0.5, 0.6) is 0 Å². The summed E-state index contributed by atoms with van der Waals surface area (Å²) in [6.45, 7) is 5.52. The first kappa shape index (κ1) is 23.7. The molecule has 6 heteroatoms. The van der Waals surface area contributed by atoms with Crippen molar-refractivity contribution in [3.8, 4) is 11.3 Å². The quantitative estimate of drug-likeness (QED) is 0.322. The highest BCUT2D eigenvalue weighted by molar-refractivity contribution is 6.05. The minimum absolute atomic E-state index is 0.151. The summed E-state index contributed by atoms with van der Waals surface area (Å²) in [7, 11) is 0. The standard InChI is InChI=1S/C30H31N5O/c1-22-9-12-25(21-28(22)34-30-31-17-15-27(33-30)24-7-3-2-4-8-24)29(36)32-26-13-10-23(11-14-26)16-20-35-18-5-6-19-35/h2-4,7-15,17,21H,5-6,16,18-20H2,1H3,(H,32,36)(H,31,33,34). The molecule has 4 aromatic rings. The molecule has 1 fully saturated rings. The van der Waals surface area contributed by atoms with Gasteiger partial charge in [0.2, 0.25) is 5.95 Å². The average molecular weight is 478 g/mol. The summed E-state index contributed by atoms with van der Waals surface area (Å²) >= 11 is 0. The Morgan fingerprint density at radius 1 is 0.944 bits per heavy atom. The highest BCUT2D eigenvalue weighted by Crippen LogP contribution is 2.23. The van der Waals surface area contributed by atoms with Gasteiger partial charge in [-0.3, -0.25) is 4.79 Å². The van der Waals surface area contributed by atoms with Crippen LogP contribution in [0.4, 0.5) is 17.3 Å². The van der Waals surface area contributed by atoms with Crippen LogP contribution >= 0.6 is 0 Å². The number of rotatable bonds is 8. The van der Waals surface area contributed by atoms with Crippen LogP contribution < -0.4 is 10.6 Å². The summed E-state index contributed by atoms with van der Waals surface area (Å²) in [6, 6.07) is 25.6. The Balaban J connectivity index is 1.24. The lowest BCUT2D eigenvalue weighted by atomic mass is 10.1. The molecule has 2 N–H and O–H groups in total. The maximum atomic E-state index is 13.0. The van der Waals surface area contributed by atoms with Gasteiger partial charge in [0.25, 0.3) is 5.91 Å². The summed E-state index contributed by atoms with van der Waals surface area (Å²) in [6.07, 6.45) is 5.40. The van der Waals surface area contributed by atoms with Crippen LogP contribution in [0.3, 0.4) is 0 Å². The van der Waals surface area contributed by atoms with Gasteiger partial charge in [0, 0.05) is 35.2 Å². The molecule has 0 bridgehead atoms. The van der Waals surface area contributed by atoms with Gasteiger partial charge in [-0.25, -0.2) is 9.97 Å². The van der Waals surface area contributed by atoms with E-state index in [9.17, 15) is 4.79 Å². The first-order valence-electron chi connectivity index (χ1n) is 12.5. The molecule has 6 nitrogen and oxygen atoms in total. The highest BCUT2D eigenvalue weighted by atomic mass is 16.1. The predicted molar refractivity (Wildman–Crippen MR) is 146 cm³/mol. The number of benzene rings is 3. The Morgan fingerprint density at radius 3 is 2.50 bits per heavy atom. The highest BCUT2D eigenvalue weighted by Gasteiger charge is 2.12. The summed E-state index contributed by atoms with van der Waals surface area (Å²) in [5.41, 5.74) is 6.31. The molecule has 0 spiro atoms. The lowest BCUT2D eigenvalue weighted by molar-refractivity contribution is 0.102. The molecule has 0 radical (unpaired) electrons. The first-order valence-corrected chi connectivity index (χ1v) is 12.5. The van der Waals surface area contributed by atoms with E-state index in [1.807, 2.05) is 73.7 Å². The molecule has 36 heavy (non-hydrogen) atoms. The predicted octanol–water partition coefficient (Wildman–Crippen LogP) is 6.09. The van der Waals surface area contributed by atoms with Crippen LogP contribution in [0.2, 0.25) is 0 Å². The third-order valence-corrected chi connectivity index (χ3v) is 6.60. The fraction of sp³-hybridized carbons (Fsp3) is 0.233. The third-order valence-electron chi connectivity index (χ3n) is 6.60. The van der Waals surface area contributed by atoms with Gasteiger partial charge >= 0.3 is 0 Å². The minimum Gasteiger partial charge on any atom is -0.324 e. The molecule has 1 saturated heterocycles. The average Bonchev–Trinajstić information content (AvgIpc) is 3.44. The maximum Gasteiger partial charge on any atom is 0.255 e. The van der Waals surface area contributed by atoms with Crippen molar-refractivity contribution in [3.63, 3.8) is 0 Å². The number of hydrogen-bond acceptors (Lipinski definition) is 5. The van der Waals surface area contributed by atoms with E-state index in [1.54, 1.807) is 6.20 Å². The number of aryl methyl sites for hydroxylation is 1. The van der Waals surface area contributed by atoms with Gasteiger partial charge < -0.3 is 15.5 Å². The van der Waals surface area contributed by atoms with Crippen LogP contribution in [0.25, 0.3) is 11.3 Å². The summed E-state index contributed by atoms with van der Waals surface area (Å²) < 4.78 is 0. The number of nitrogens with zero attached hydrogens (tertiary/aromatic N) is 3. The number of amides is 1. The molecule has 182 valence electrons. The molecule has 2 heterocycles. The second-order valence-electron chi connectivity index (χ2n) is 9.24. The summed E-state index contributed by atoms with van der Waals surface area (Å²) in [5.74, 6) is 0.336. The van der Waals surface area contributed by atoms with Crippen molar-refractivity contribution in [1.82, 2.24) is 14.9 Å². The molecule has 1 aliphatic rings. The van der Waals surface area contributed by atoms with Gasteiger partial charge in [-0.1, -0.05) is 48.5 Å². The number of nitrogens with one attached hydrogen (secondary N) is 2. The van der Waals surface area contributed by atoms with Crippen molar-refractivity contribution < 1.29 is 4.79 Å². The Hall–Kier alpha value is -4.03. The summed E-state index contributed by atoms with van der Waals surface area (Å²) in [5, 5.41) is 6.30. The van der Waals surface area contributed by atoms with Gasteiger partial charge in [-0.05, 0) is 80.7 Å². The van der Waals surface area contributed by atoms with Gasteiger partial charge in [-0.15, -0.1) is 0 Å². The van der Waals surface area contributed by atoms with E-state index in [4.69, 9.17) is 0 Å². The number of hydrogen-bond donors (Lipinski definition) is 2. The molecule has 0 unspecified atom stereocenters. The van der Waals surface area contributed by atoms with Crippen molar-refractivity contribution in [2.24, 2.45) is 0 Å². The SMILES string of the molecule is Cc1ccc(C(=O)Nc2ccc(CCN3CCCC3)cc2)cc1Nc1nccc(-c2ccccc2)n1. The zero-order chi connectivity index (χ0) is 24.7. The van der Waals surface area contributed by atoms with Crippen LogP contribution in [0, 0.1) is 6.92 Å². The third kappa shape index (κ3) is 5.96. The molecule has 1 amide bonds. The van der Waals surface area contributed by atoms with Gasteiger partial charge in [0.1, 0.15) is 0 Å². The van der Waals surface area contributed by atoms with Gasteiger partial charge in [-0.2, -0.15) is 0 Å². The zero-order valence-electron chi connectivity index (χ0n) is 20.6. The molecule has 0 atom stereocenters. The maximum absolute atomic E-state index is 13.0. The van der Waals surface area contributed by atoms with E-state index < -0.39 is 0 Å². The number of carbonyl (C=O) groups excluding carboxylic acids is 1. The van der Waals surface area contributed by atoms with Crippen LogP contribution in [0.1, 0.15) is 34.3 Å². The van der Waals surface area contributed by atoms with E-state index in [2.05, 4.69) is 37.6 Å². The number of aromatic nitrogens is 2. The number of carbonyl (C=O) groups is 1. The molecule has 0 aliphatic carbocycles. The second-order valence-corrected chi connectivity index (χ2v) is 9.24. The minimum atomic E-state index is -0.151. The van der Waals surface area contributed by atoms with Crippen molar-refractivity contribution in [2.45, 2.75) is 26.2 Å². The van der Waals surface area contributed by atoms with Crippen molar-refractivity contribution >= 4 is 23.2 Å². The van der Waals surface area contributed by atoms with E-state index in [0.29, 0.717) is 11.5 Å². The molecule has 5 rings (SSSR count). The molecule has 3 aromatic carbocycles. The molecule has 1 aliphatic heterocycles. The van der Waals surface area contributed by atoms with Crippen molar-refractivity contribution in [3.05, 3.63) is 102 Å². The number of anilines is 3. The molecule has 0 saturated carbocycles. The lowest BCUT2D eigenvalue weighted by Gasteiger charge is -2.14. The van der Waals surface area contributed by atoms with Crippen LogP contribution in [-0.2, 0) is 6.42 Å². The first-order chi connectivity index (χ1) is 17.6. The van der Waals surface area contributed by atoms with E-state index in [-0.39, 0.29) is 5.91 Å².